The van der Waals surface area contributed by atoms with Crippen molar-refractivity contribution in [3.63, 3.8) is 0 Å². The molecule has 2 aromatic carbocycles. The Morgan fingerprint density at radius 1 is 1.24 bits per heavy atom. The molecule has 25 heavy (non-hydrogen) atoms. The van der Waals surface area contributed by atoms with Crippen molar-refractivity contribution in [3.8, 4) is 0 Å². The Labute approximate surface area is 150 Å². The number of rotatable bonds is 5. The molecule has 1 fully saturated rings. The Hall–Kier alpha value is -2.34. The zero-order chi connectivity index (χ0) is 17.8. The number of hydrogen-bond acceptors (Lipinski definition) is 3. The van der Waals surface area contributed by atoms with Crippen LogP contribution in [0.1, 0.15) is 18.4 Å². The summed E-state index contributed by atoms with van der Waals surface area (Å²) in [6.45, 7) is 2.68. The third-order valence-electron chi connectivity index (χ3n) is 4.04. The third kappa shape index (κ3) is 4.39. The highest BCUT2D eigenvalue weighted by atomic mass is 32.2. The van der Waals surface area contributed by atoms with Crippen LogP contribution in [-0.2, 0) is 9.59 Å². The van der Waals surface area contributed by atoms with Gasteiger partial charge in [-0.25, -0.2) is 4.39 Å². The van der Waals surface area contributed by atoms with Crippen molar-refractivity contribution < 1.29 is 14.0 Å². The van der Waals surface area contributed by atoms with Crippen LogP contribution in [0.4, 0.5) is 15.8 Å². The second kappa shape index (κ2) is 7.70. The SMILES string of the molecule is Cc1ccc(NC(=O)CSc2ccc(F)cc2)cc1N1CCCC1=O. The number of nitrogens with zero attached hydrogens (tertiary/aromatic N) is 1. The van der Waals surface area contributed by atoms with E-state index < -0.39 is 0 Å². The second-order valence-corrected chi connectivity index (χ2v) is 6.99. The Morgan fingerprint density at radius 2 is 2.00 bits per heavy atom. The maximum absolute atomic E-state index is 12.9. The first-order chi connectivity index (χ1) is 12.0. The minimum Gasteiger partial charge on any atom is -0.325 e. The summed E-state index contributed by atoms with van der Waals surface area (Å²) in [7, 11) is 0. The van der Waals surface area contributed by atoms with Gasteiger partial charge >= 0.3 is 0 Å². The predicted molar refractivity (Wildman–Crippen MR) is 98.5 cm³/mol. The topological polar surface area (TPSA) is 49.4 Å². The van der Waals surface area contributed by atoms with Crippen molar-refractivity contribution in [1.29, 1.82) is 0 Å². The summed E-state index contributed by atoms with van der Waals surface area (Å²) in [6.07, 6.45) is 1.44. The van der Waals surface area contributed by atoms with Gasteiger partial charge in [-0.15, -0.1) is 11.8 Å². The molecule has 0 aliphatic carbocycles. The van der Waals surface area contributed by atoms with E-state index in [-0.39, 0.29) is 23.4 Å². The van der Waals surface area contributed by atoms with E-state index in [4.69, 9.17) is 0 Å². The van der Waals surface area contributed by atoms with Gasteiger partial charge in [0.1, 0.15) is 5.82 Å². The fourth-order valence-corrected chi connectivity index (χ4v) is 3.46. The Kier molecular flexibility index (Phi) is 5.38. The molecular weight excluding hydrogens is 339 g/mol. The van der Waals surface area contributed by atoms with Crippen LogP contribution in [0.15, 0.2) is 47.4 Å². The van der Waals surface area contributed by atoms with Crippen molar-refractivity contribution in [1.82, 2.24) is 0 Å². The number of carbonyl (C=O) groups is 2. The summed E-state index contributed by atoms with van der Waals surface area (Å²) in [5.74, 6) is -0.0786. The molecule has 0 unspecified atom stereocenters. The van der Waals surface area contributed by atoms with Crippen molar-refractivity contribution in [3.05, 3.63) is 53.8 Å². The highest BCUT2D eigenvalue weighted by molar-refractivity contribution is 8.00. The maximum atomic E-state index is 12.9. The standard InChI is InChI=1S/C19H19FN2O2S/c1-13-4-7-15(11-17(13)22-10-2-3-19(22)24)21-18(23)12-25-16-8-5-14(20)6-9-16/h4-9,11H,2-3,10,12H2,1H3,(H,21,23). The number of amides is 2. The van der Waals surface area contributed by atoms with E-state index in [0.29, 0.717) is 12.1 Å². The molecule has 2 amide bonds. The molecule has 1 N–H and O–H groups in total. The summed E-state index contributed by atoms with van der Waals surface area (Å²) in [5.41, 5.74) is 2.53. The van der Waals surface area contributed by atoms with Crippen LogP contribution in [0.2, 0.25) is 0 Å². The van der Waals surface area contributed by atoms with Crippen LogP contribution in [-0.4, -0.2) is 24.1 Å². The molecule has 1 heterocycles. The number of halogens is 1. The van der Waals surface area contributed by atoms with E-state index >= 15 is 0 Å². The quantitative estimate of drug-likeness (QED) is 0.822. The molecule has 0 atom stereocenters. The molecule has 0 radical (unpaired) electrons. The van der Waals surface area contributed by atoms with Crippen LogP contribution >= 0.6 is 11.8 Å². The van der Waals surface area contributed by atoms with Gasteiger partial charge in [-0.1, -0.05) is 6.07 Å². The fraction of sp³-hybridized carbons (Fsp3) is 0.263. The Bertz CT molecular complexity index is 793. The molecule has 0 spiro atoms. The molecular formula is C19H19FN2O2S. The van der Waals surface area contributed by atoms with E-state index in [1.165, 1.54) is 23.9 Å². The third-order valence-corrected chi connectivity index (χ3v) is 5.05. The number of nitrogens with one attached hydrogen (secondary N) is 1. The number of anilines is 2. The largest absolute Gasteiger partial charge is 0.325 e. The first-order valence-corrected chi connectivity index (χ1v) is 9.11. The minimum atomic E-state index is -0.294. The van der Waals surface area contributed by atoms with Crippen LogP contribution < -0.4 is 10.2 Å². The van der Waals surface area contributed by atoms with Gasteiger partial charge in [0.15, 0.2) is 0 Å². The number of hydrogen-bond donors (Lipinski definition) is 1. The summed E-state index contributed by atoms with van der Waals surface area (Å²) in [4.78, 5) is 26.7. The number of thioether (sulfide) groups is 1. The molecule has 3 rings (SSSR count). The molecule has 1 aliphatic heterocycles. The predicted octanol–water partition coefficient (Wildman–Crippen LogP) is 3.99. The fourth-order valence-electron chi connectivity index (χ4n) is 2.76. The van der Waals surface area contributed by atoms with E-state index in [9.17, 15) is 14.0 Å². The normalized spacial score (nSPS) is 14.0. The Morgan fingerprint density at radius 3 is 2.68 bits per heavy atom. The highest BCUT2D eigenvalue weighted by Gasteiger charge is 2.23. The van der Waals surface area contributed by atoms with Crippen molar-refractivity contribution in [2.45, 2.75) is 24.7 Å². The molecule has 4 nitrogen and oxygen atoms in total. The lowest BCUT2D eigenvalue weighted by atomic mass is 10.1. The first kappa shape index (κ1) is 17.5. The van der Waals surface area contributed by atoms with Crippen molar-refractivity contribution in [2.24, 2.45) is 0 Å². The van der Waals surface area contributed by atoms with Crippen LogP contribution in [0.25, 0.3) is 0 Å². The maximum Gasteiger partial charge on any atom is 0.234 e. The van der Waals surface area contributed by atoms with Gasteiger partial charge in [-0.05, 0) is 55.3 Å². The lowest BCUT2D eigenvalue weighted by Crippen LogP contribution is -2.24. The van der Waals surface area contributed by atoms with Crippen LogP contribution in [0, 0.1) is 12.7 Å². The van der Waals surface area contributed by atoms with Crippen LogP contribution in [0.3, 0.4) is 0 Å². The van der Waals surface area contributed by atoms with E-state index in [0.717, 1.165) is 29.1 Å². The molecule has 2 aromatic rings. The Balaban J connectivity index is 1.63. The van der Waals surface area contributed by atoms with Gasteiger partial charge in [0.2, 0.25) is 11.8 Å². The summed E-state index contributed by atoms with van der Waals surface area (Å²) < 4.78 is 12.9. The second-order valence-electron chi connectivity index (χ2n) is 5.94. The number of benzene rings is 2. The zero-order valence-electron chi connectivity index (χ0n) is 13.9. The molecule has 0 saturated carbocycles. The van der Waals surface area contributed by atoms with Gasteiger partial charge in [-0.3, -0.25) is 9.59 Å². The number of carbonyl (C=O) groups excluding carboxylic acids is 2. The molecule has 6 heteroatoms. The smallest absolute Gasteiger partial charge is 0.234 e. The minimum absolute atomic E-state index is 0.124. The summed E-state index contributed by atoms with van der Waals surface area (Å²) >= 11 is 1.35. The average molecular weight is 358 g/mol. The molecule has 1 saturated heterocycles. The van der Waals surface area contributed by atoms with Gasteiger partial charge < -0.3 is 10.2 Å². The van der Waals surface area contributed by atoms with Crippen LogP contribution in [0.5, 0.6) is 0 Å². The lowest BCUT2D eigenvalue weighted by molar-refractivity contribution is -0.117. The van der Waals surface area contributed by atoms with Gasteiger partial charge in [-0.2, -0.15) is 0 Å². The molecule has 0 bridgehead atoms. The highest BCUT2D eigenvalue weighted by Crippen LogP contribution is 2.28. The van der Waals surface area contributed by atoms with Gasteiger partial charge in [0, 0.05) is 29.2 Å². The number of aryl methyl sites for hydroxylation is 1. The van der Waals surface area contributed by atoms with E-state index in [1.54, 1.807) is 17.0 Å². The summed E-state index contributed by atoms with van der Waals surface area (Å²) in [5, 5.41) is 2.86. The lowest BCUT2D eigenvalue weighted by Gasteiger charge is -2.19. The summed E-state index contributed by atoms with van der Waals surface area (Å²) in [6, 6.07) is 11.6. The molecule has 0 aromatic heterocycles. The molecule has 130 valence electrons. The monoisotopic (exact) mass is 358 g/mol. The average Bonchev–Trinajstić information content (AvgIpc) is 3.02. The van der Waals surface area contributed by atoms with E-state index in [1.807, 2.05) is 25.1 Å². The first-order valence-electron chi connectivity index (χ1n) is 8.12. The van der Waals surface area contributed by atoms with Crippen molar-refractivity contribution in [2.75, 3.05) is 22.5 Å². The zero-order valence-corrected chi connectivity index (χ0v) is 14.7. The van der Waals surface area contributed by atoms with E-state index in [2.05, 4.69) is 5.32 Å². The van der Waals surface area contributed by atoms with Gasteiger partial charge in [0.25, 0.3) is 0 Å². The molecule has 1 aliphatic rings. The van der Waals surface area contributed by atoms with Gasteiger partial charge in [0.05, 0.1) is 5.75 Å². The van der Waals surface area contributed by atoms with Crippen molar-refractivity contribution >= 4 is 35.0 Å².